The molecule has 0 radical (unpaired) electrons. The lowest BCUT2D eigenvalue weighted by Gasteiger charge is -2.36. The summed E-state index contributed by atoms with van der Waals surface area (Å²) in [4.78, 5) is 1.47. The van der Waals surface area contributed by atoms with Crippen molar-refractivity contribution < 1.29 is 30.7 Å². The maximum absolute atomic E-state index is 13.3. The Kier molecular flexibility index (Phi) is 6.89. The van der Waals surface area contributed by atoms with Gasteiger partial charge in [0, 0.05) is 32.2 Å². The number of piperazine rings is 1. The van der Waals surface area contributed by atoms with Gasteiger partial charge in [-0.1, -0.05) is 6.07 Å². The molecule has 0 bridgehead atoms. The van der Waals surface area contributed by atoms with E-state index in [1.807, 2.05) is 0 Å². The molecule has 1 heterocycles. The van der Waals surface area contributed by atoms with E-state index in [4.69, 9.17) is 0 Å². The van der Waals surface area contributed by atoms with Gasteiger partial charge in [0.05, 0.1) is 12.0 Å². The van der Waals surface area contributed by atoms with Crippen LogP contribution >= 0.6 is 12.4 Å². The summed E-state index contributed by atoms with van der Waals surface area (Å²) in [6.07, 6.45) is -10.8. The minimum absolute atomic E-state index is 0. The molecule has 1 atom stereocenters. The van der Waals surface area contributed by atoms with Crippen molar-refractivity contribution in [1.82, 2.24) is 10.2 Å². The fraction of sp³-hybridized carbons (Fsp3) is 0.571. The molecule has 1 fully saturated rings. The number of hydrogen-bond acceptors (Lipinski definition) is 2. The van der Waals surface area contributed by atoms with Gasteiger partial charge >= 0.3 is 12.4 Å². The molecule has 0 amide bonds. The Labute approximate surface area is 140 Å². The number of halogens is 8. The van der Waals surface area contributed by atoms with Gasteiger partial charge in [-0.25, -0.2) is 4.39 Å². The molecule has 2 rings (SSSR count). The van der Waals surface area contributed by atoms with Crippen LogP contribution in [0.3, 0.4) is 0 Å². The summed E-state index contributed by atoms with van der Waals surface area (Å²) in [5, 5.41) is 2.97. The molecule has 0 unspecified atom stereocenters. The molecule has 10 heteroatoms. The first-order valence-electron chi connectivity index (χ1n) is 6.96. The Bertz CT molecular complexity index is 539. The lowest BCUT2D eigenvalue weighted by molar-refractivity contribution is -0.148. The molecule has 0 aliphatic carbocycles. The summed E-state index contributed by atoms with van der Waals surface area (Å²) in [7, 11) is 0. The molecule has 1 aliphatic rings. The van der Waals surface area contributed by atoms with Crippen LogP contribution in [0.15, 0.2) is 18.2 Å². The Morgan fingerprint density at radius 3 is 2.12 bits per heavy atom. The van der Waals surface area contributed by atoms with Crippen LogP contribution < -0.4 is 5.32 Å². The van der Waals surface area contributed by atoms with Crippen LogP contribution in [0, 0.1) is 5.82 Å². The third-order valence-electron chi connectivity index (χ3n) is 3.70. The van der Waals surface area contributed by atoms with Crippen LogP contribution in [0.4, 0.5) is 30.7 Å². The van der Waals surface area contributed by atoms with Gasteiger partial charge in [-0.15, -0.1) is 12.4 Å². The van der Waals surface area contributed by atoms with E-state index in [0.29, 0.717) is 25.2 Å². The standard InChI is InChI=1S/C14H15F7N2.ClH/c15-11-2-1-9(7-10(11)14(19,20)21)12(8-13(16,17)18)23-5-3-22-4-6-23;/h1-2,7,12,22H,3-6,8H2;1H/t12-;/m1./s1. The van der Waals surface area contributed by atoms with E-state index in [1.165, 1.54) is 4.90 Å². The minimum Gasteiger partial charge on any atom is -0.314 e. The minimum atomic E-state index is -4.95. The van der Waals surface area contributed by atoms with E-state index in [1.54, 1.807) is 0 Å². The quantitative estimate of drug-likeness (QED) is 0.792. The van der Waals surface area contributed by atoms with E-state index in [0.717, 1.165) is 6.07 Å². The van der Waals surface area contributed by atoms with Crippen molar-refractivity contribution in [2.45, 2.75) is 24.8 Å². The average molecular weight is 381 g/mol. The Balaban J connectivity index is 0.00000288. The molecule has 1 saturated heterocycles. The molecule has 2 nitrogen and oxygen atoms in total. The Morgan fingerprint density at radius 1 is 1.04 bits per heavy atom. The number of hydrogen-bond donors (Lipinski definition) is 1. The van der Waals surface area contributed by atoms with Crippen LogP contribution in [0.5, 0.6) is 0 Å². The maximum atomic E-state index is 13.3. The molecule has 1 aromatic carbocycles. The van der Waals surface area contributed by atoms with Gasteiger partial charge in [-0.05, 0) is 17.7 Å². The third kappa shape index (κ3) is 5.49. The van der Waals surface area contributed by atoms with E-state index < -0.39 is 36.2 Å². The molecule has 24 heavy (non-hydrogen) atoms. The monoisotopic (exact) mass is 380 g/mol. The fourth-order valence-corrected chi connectivity index (χ4v) is 2.64. The summed E-state index contributed by atoms with van der Waals surface area (Å²) in [5.74, 6) is -1.49. The van der Waals surface area contributed by atoms with Gasteiger partial charge in [0.1, 0.15) is 5.82 Å². The lowest BCUT2D eigenvalue weighted by Crippen LogP contribution is -2.46. The highest BCUT2D eigenvalue weighted by atomic mass is 35.5. The second-order valence-corrected chi connectivity index (χ2v) is 5.36. The second-order valence-electron chi connectivity index (χ2n) is 5.36. The zero-order valence-electron chi connectivity index (χ0n) is 12.3. The van der Waals surface area contributed by atoms with Gasteiger partial charge < -0.3 is 5.32 Å². The maximum Gasteiger partial charge on any atom is 0.419 e. The van der Waals surface area contributed by atoms with Crippen molar-refractivity contribution in [2.75, 3.05) is 26.2 Å². The highest BCUT2D eigenvalue weighted by molar-refractivity contribution is 5.85. The van der Waals surface area contributed by atoms with E-state index >= 15 is 0 Å². The second kappa shape index (κ2) is 7.88. The first-order valence-corrected chi connectivity index (χ1v) is 6.96. The molecule has 1 aromatic rings. The zero-order chi connectivity index (χ0) is 17.3. The van der Waals surface area contributed by atoms with E-state index in [2.05, 4.69) is 5.32 Å². The van der Waals surface area contributed by atoms with E-state index in [-0.39, 0.29) is 31.1 Å². The molecule has 1 N–H and O–H groups in total. The lowest BCUT2D eigenvalue weighted by atomic mass is 9.98. The summed E-state index contributed by atoms with van der Waals surface area (Å²) >= 11 is 0. The number of nitrogens with zero attached hydrogens (tertiary/aromatic N) is 1. The molecule has 0 spiro atoms. The van der Waals surface area contributed by atoms with Crippen molar-refractivity contribution in [2.24, 2.45) is 0 Å². The topological polar surface area (TPSA) is 15.3 Å². The third-order valence-corrected chi connectivity index (χ3v) is 3.70. The molecule has 0 saturated carbocycles. The van der Waals surface area contributed by atoms with Crippen molar-refractivity contribution in [3.8, 4) is 0 Å². The average Bonchev–Trinajstić information content (AvgIpc) is 2.44. The normalized spacial score (nSPS) is 18.1. The number of rotatable bonds is 3. The SMILES string of the molecule is Cl.Fc1ccc([C@@H](CC(F)(F)F)N2CCNCC2)cc1C(F)(F)F. The Morgan fingerprint density at radius 2 is 1.62 bits per heavy atom. The van der Waals surface area contributed by atoms with Gasteiger partial charge in [0.2, 0.25) is 0 Å². The van der Waals surface area contributed by atoms with Crippen LogP contribution in [0.2, 0.25) is 0 Å². The predicted molar refractivity (Wildman–Crippen MR) is 76.5 cm³/mol. The highest BCUT2D eigenvalue weighted by Crippen LogP contribution is 2.38. The first kappa shape index (κ1) is 21.0. The van der Waals surface area contributed by atoms with Crippen molar-refractivity contribution in [3.05, 3.63) is 35.1 Å². The highest BCUT2D eigenvalue weighted by Gasteiger charge is 2.38. The Hall–Kier alpha value is -1.06. The summed E-state index contributed by atoms with van der Waals surface area (Å²) in [6, 6.07) is 0.777. The number of nitrogens with one attached hydrogen (secondary N) is 1. The van der Waals surface area contributed by atoms with Crippen molar-refractivity contribution in [1.29, 1.82) is 0 Å². The predicted octanol–water partition coefficient (Wildman–Crippen LogP) is 4.17. The van der Waals surface area contributed by atoms with Gasteiger partial charge in [-0.2, -0.15) is 26.3 Å². The molecule has 0 aromatic heterocycles. The first-order chi connectivity index (χ1) is 10.6. The summed E-state index contributed by atoms with van der Waals surface area (Å²) < 4.78 is 90.2. The number of alkyl halides is 6. The molecular weight excluding hydrogens is 365 g/mol. The zero-order valence-corrected chi connectivity index (χ0v) is 13.2. The summed E-state index contributed by atoms with van der Waals surface area (Å²) in [6.45, 7) is 1.45. The van der Waals surface area contributed by atoms with Crippen LogP contribution in [0.25, 0.3) is 0 Å². The van der Waals surface area contributed by atoms with Crippen molar-refractivity contribution >= 4 is 12.4 Å². The van der Waals surface area contributed by atoms with E-state index in [9.17, 15) is 30.7 Å². The van der Waals surface area contributed by atoms with Gasteiger partial charge in [0.25, 0.3) is 0 Å². The summed E-state index contributed by atoms with van der Waals surface area (Å²) in [5.41, 5.74) is -1.73. The molecule has 1 aliphatic heterocycles. The van der Waals surface area contributed by atoms with Crippen LogP contribution in [-0.4, -0.2) is 37.3 Å². The smallest absolute Gasteiger partial charge is 0.314 e. The molecule has 138 valence electrons. The van der Waals surface area contributed by atoms with Crippen molar-refractivity contribution in [3.63, 3.8) is 0 Å². The van der Waals surface area contributed by atoms with Gasteiger partial charge in [0.15, 0.2) is 0 Å². The van der Waals surface area contributed by atoms with Gasteiger partial charge in [-0.3, -0.25) is 4.90 Å². The number of benzene rings is 1. The van der Waals surface area contributed by atoms with Crippen LogP contribution in [-0.2, 0) is 6.18 Å². The fourth-order valence-electron chi connectivity index (χ4n) is 2.64. The largest absolute Gasteiger partial charge is 0.419 e. The van der Waals surface area contributed by atoms with Crippen LogP contribution in [0.1, 0.15) is 23.6 Å². The molecular formula is C14H16ClF7N2.